The maximum Gasteiger partial charge on any atom is 0.305 e. The highest BCUT2D eigenvalue weighted by atomic mass is 16.5. The molecule has 2 unspecified atom stereocenters. The molecule has 0 heterocycles. The normalized spacial score (nSPS) is 12.9. The van der Waals surface area contributed by atoms with Crippen molar-refractivity contribution in [3.8, 4) is 0 Å². The van der Waals surface area contributed by atoms with Crippen molar-refractivity contribution in [2.24, 2.45) is 0 Å². The molecule has 6 nitrogen and oxygen atoms in total. The van der Waals surface area contributed by atoms with Gasteiger partial charge in [0.15, 0.2) is 0 Å². The van der Waals surface area contributed by atoms with E-state index in [0.29, 0.717) is 25.9 Å². The van der Waals surface area contributed by atoms with Gasteiger partial charge in [0.25, 0.3) is 0 Å². The summed E-state index contributed by atoms with van der Waals surface area (Å²) in [6.45, 7) is 4.90. The zero-order valence-electron chi connectivity index (χ0n) is 42.1. The van der Waals surface area contributed by atoms with Gasteiger partial charge in [0.2, 0.25) is 5.91 Å². The van der Waals surface area contributed by atoms with Gasteiger partial charge in [-0.1, -0.05) is 230 Å². The number of carbonyl (C=O) groups is 2. The molecule has 63 heavy (non-hydrogen) atoms. The predicted molar refractivity (Wildman–Crippen MR) is 273 cm³/mol. The van der Waals surface area contributed by atoms with Crippen molar-refractivity contribution >= 4 is 11.9 Å². The van der Waals surface area contributed by atoms with E-state index in [1.807, 2.05) is 0 Å². The van der Waals surface area contributed by atoms with Crippen LogP contribution >= 0.6 is 0 Å². The average molecular weight is 886 g/mol. The fourth-order valence-corrected chi connectivity index (χ4v) is 8.37. The van der Waals surface area contributed by atoms with E-state index in [0.717, 1.165) is 64.2 Å². The first-order valence-electron chi connectivity index (χ1n) is 27.7. The smallest absolute Gasteiger partial charge is 0.305 e. The van der Waals surface area contributed by atoms with E-state index in [-0.39, 0.29) is 18.5 Å². The van der Waals surface area contributed by atoms with E-state index in [1.54, 1.807) is 0 Å². The summed E-state index contributed by atoms with van der Waals surface area (Å²) in [4.78, 5) is 24.5. The lowest BCUT2D eigenvalue weighted by Gasteiger charge is -2.22. The van der Waals surface area contributed by atoms with Gasteiger partial charge in [0.1, 0.15) is 0 Å². The van der Waals surface area contributed by atoms with E-state index in [9.17, 15) is 19.8 Å². The summed E-state index contributed by atoms with van der Waals surface area (Å²) < 4.78 is 5.46. The van der Waals surface area contributed by atoms with Crippen LogP contribution in [0.1, 0.15) is 290 Å². The lowest BCUT2D eigenvalue weighted by Crippen LogP contribution is -2.45. The summed E-state index contributed by atoms with van der Waals surface area (Å²) in [5, 5.41) is 23.2. The number of aliphatic hydroxyl groups excluding tert-OH is 2. The van der Waals surface area contributed by atoms with Crippen molar-refractivity contribution in [3.63, 3.8) is 0 Å². The standard InChI is InChI=1S/C57H107NO5/c1-3-5-7-9-11-13-15-17-22-27-31-35-39-43-47-51-57(62)63-52-48-44-40-36-32-28-24-21-19-20-23-26-30-34-38-42-46-50-56(61)58-54(53-59)55(60)49-45-41-37-33-29-25-18-16-14-12-10-8-6-4-2/h11,13,17,19,21-22,54-55,59-60H,3-10,12,14-16,18,20,23-53H2,1-2H3,(H,58,61)/b13-11-,21-19-,22-17-. The highest BCUT2D eigenvalue weighted by Gasteiger charge is 2.20. The zero-order valence-corrected chi connectivity index (χ0v) is 42.1. The predicted octanol–water partition coefficient (Wildman–Crippen LogP) is 16.9. The molecule has 0 aliphatic carbocycles. The molecule has 0 fully saturated rings. The molecule has 0 rings (SSSR count). The third-order valence-electron chi connectivity index (χ3n) is 12.7. The van der Waals surface area contributed by atoms with Gasteiger partial charge in [-0.2, -0.15) is 0 Å². The molecule has 0 radical (unpaired) electrons. The summed E-state index contributed by atoms with van der Waals surface area (Å²) >= 11 is 0. The van der Waals surface area contributed by atoms with Gasteiger partial charge in [0, 0.05) is 12.8 Å². The molecule has 0 bridgehead atoms. The molecule has 3 N–H and O–H groups in total. The van der Waals surface area contributed by atoms with Gasteiger partial charge in [-0.05, 0) is 83.5 Å². The van der Waals surface area contributed by atoms with Crippen molar-refractivity contribution in [3.05, 3.63) is 36.5 Å². The Kier molecular flexibility index (Phi) is 51.1. The number of aliphatic hydroxyl groups is 2. The second-order valence-corrected chi connectivity index (χ2v) is 18.9. The van der Waals surface area contributed by atoms with Crippen molar-refractivity contribution in [1.82, 2.24) is 5.32 Å². The van der Waals surface area contributed by atoms with Crippen molar-refractivity contribution in [1.29, 1.82) is 0 Å². The Labute approximate surface area is 392 Å². The molecule has 0 aromatic rings. The maximum atomic E-state index is 12.5. The van der Waals surface area contributed by atoms with Gasteiger partial charge in [0.05, 0.1) is 25.4 Å². The molecule has 1 amide bonds. The van der Waals surface area contributed by atoms with Crippen molar-refractivity contribution < 1.29 is 24.5 Å². The van der Waals surface area contributed by atoms with Crippen LogP contribution in [0.3, 0.4) is 0 Å². The van der Waals surface area contributed by atoms with Crippen LogP contribution in [0.5, 0.6) is 0 Å². The van der Waals surface area contributed by atoms with Gasteiger partial charge in [-0.25, -0.2) is 0 Å². The average Bonchev–Trinajstić information content (AvgIpc) is 3.28. The van der Waals surface area contributed by atoms with Crippen LogP contribution in [0.2, 0.25) is 0 Å². The molecule has 0 aromatic heterocycles. The van der Waals surface area contributed by atoms with E-state index in [2.05, 4.69) is 55.6 Å². The molecular formula is C57H107NO5. The van der Waals surface area contributed by atoms with Gasteiger partial charge < -0.3 is 20.3 Å². The molecule has 0 aliphatic heterocycles. The number of unbranched alkanes of at least 4 members (excludes halogenated alkanes) is 34. The van der Waals surface area contributed by atoms with Gasteiger partial charge in [-0.3, -0.25) is 9.59 Å². The summed E-state index contributed by atoms with van der Waals surface area (Å²) in [5.41, 5.74) is 0. The first kappa shape index (κ1) is 61.1. The fraction of sp³-hybridized carbons (Fsp3) is 0.860. The summed E-state index contributed by atoms with van der Waals surface area (Å²) in [5.74, 6) is -0.0635. The zero-order chi connectivity index (χ0) is 45.8. The van der Waals surface area contributed by atoms with Crippen LogP contribution in [-0.4, -0.2) is 47.4 Å². The number of allylic oxidation sites excluding steroid dienone is 6. The largest absolute Gasteiger partial charge is 0.466 e. The van der Waals surface area contributed by atoms with Crippen LogP contribution in [-0.2, 0) is 14.3 Å². The molecule has 0 spiro atoms. The number of rotatable bonds is 51. The Morgan fingerprint density at radius 1 is 0.444 bits per heavy atom. The van der Waals surface area contributed by atoms with Gasteiger partial charge >= 0.3 is 5.97 Å². The lowest BCUT2D eigenvalue weighted by atomic mass is 10.0. The topological polar surface area (TPSA) is 95.9 Å². The van der Waals surface area contributed by atoms with Gasteiger partial charge in [-0.15, -0.1) is 0 Å². The van der Waals surface area contributed by atoms with Crippen molar-refractivity contribution in [2.45, 2.75) is 302 Å². The minimum atomic E-state index is -0.672. The van der Waals surface area contributed by atoms with Crippen LogP contribution in [0.15, 0.2) is 36.5 Å². The Balaban J connectivity index is 3.47. The number of hydrogen-bond donors (Lipinski definition) is 3. The SMILES string of the molecule is CCCCC/C=C\C/C=C\CCCCCCCC(=O)OCCCCCCCC/C=C\CCCCCCCCCC(=O)NC(CO)C(O)CCCCCCCCCCCCCCCC. The molecule has 0 saturated heterocycles. The van der Waals surface area contributed by atoms with Crippen LogP contribution in [0.25, 0.3) is 0 Å². The molecule has 0 saturated carbocycles. The summed E-state index contributed by atoms with van der Waals surface area (Å²) in [6.07, 6.45) is 64.0. The first-order valence-corrected chi connectivity index (χ1v) is 27.7. The number of esters is 1. The molecule has 2 atom stereocenters. The lowest BCUT2D eigenvalue weighted by molar-refractivity contribution is -0.143. The van der Waals surface area contributed by atoms with E-state index in [4.69, 9.17) is 4.74 Å². The Morgan fingerprint density at radius 3 is 1.25 bits per heavy atom. The number of hydrogen-bond acceptors (Lipinski definition) is 5. The quantitative estimate of drug-likeness (QED) is 0.0321. The second kappa shape index (κ2) is 52.7. The van der Waals surface area contributed by atoms with E-state index >= 15 is 0 Å². The highest BCUT2D eigenvalue weighted by molar-refractivity contribution is 5.76. The van der Waals surface area contributed by atoms with Crippen LogP contribution in [0, 0.1) is 0 Å². The molecule has 6 heteroatoms. The van der Waals surface area contributed by atoms with E-state index < -0.39 is 12.1 Å². The highest BCUT2D eigenvalue weighted by Crippen LogP contribution is 2.16. The molecular weight excluding hydrogens is 779 g/mol. The minimum Gasteiger partial charge on any atom is -0.466 e. The Hall–Kier alpha value is -1.92. The number of amides is 1. The minimum absolute atomic E-state index is 0.0161. The van der Waals surface area contributed by atoms with Crippen LogP contribution < -0.4 is 5.32 Å². The first-order chi connectivity index (χ1) is 31.0. The second-order valence-electron chi connectivity index (χ2n) is 18.9. The molecule has 370 valence electrons. The van der Waals surface area contributed by atoms with Crippen molar-refractivity contribution in [2.75, 3.05) is 13.2 Å². The van der Waals surface area contributed by atoms with E-state index in [1.165, 1.54) is 193 Å². The third-order valence-corrected chi connectivity index (χ3v) is 12.7. The maximum absolute atomic E-state index is 12.5. The fourth-order valence-electron chi connectivity index (χ4n) is 8.37. The van der Waals surface area contributed by atoms with Crippen LogP contribution in [0.4, 0.5) is 0 Å². The monoisotopic (exact) mass is 886 g/mol. The molecule has 0 aliphatic rings. The Morgan fingerprint density at radius 2 is 0.794 bits per heavy atom. The third kappa shape index (κ3) is 49.4. The molecule has 0 aromatic carbocycles. The summed E-state index contributed by atoms with van der Waals surface area (Å²) in [6, 6.07) is -0.551. The number of ether oxygens (including phenoxy) is 1. The number of nitrogens with one attached hydrogen (secondary N) is 1. The number of carbonyl (C=O) groups excluding carboxylic acids is 2. The Bertz CT molecular complexity index is 1020. The summed E-state index contributed by atoms with van der Waals surface area (Å²) in [7, 11) is 0.